The van der Waals surface area contributed by atoms with Crippen LogP contribution in [0.1, 0.15) is 30.7 Å². The van der Waals surface area contributed by atoms with Gasteiger partial charge in [0.15, 0.2) is 11.5 Å². The number of rotatable bonds is 5. The van der Waals surface area contributed by atoms with Crippen molar-refractivity contribution >= 4 is 31.8 Å². The summed E-state index contributed by atoms with van der Waals surface area (Å²) in [4.78, 5) is 18.6. The number of nitrogens with zero attached hydrogens (tertiary/aromatic N) is 5. The molecule has 0 aliphatic heterocycles. The normalized spacial score (nSPS) is 11.0. The summed E-state index contributed by atoms with van der Waals surface area (Å²) in [6.45, 7) is 8.40. The predicted octanol–water partition coefficient (Wildman–Crippen LogP) is 3.68. The van der Waals surface area contributed by atoms with Crippen LogP contribution >= 0.6 is 11.3 Å². The Kier molecular flexibility index (Phi) is 5.10. The van der Waals surface area contributed by atoms with Crippen molar-refractivity contribution < 1.29 is 9.47 Å². The molecular weight excluding hydrogens is 402 g/mol. The van der Waals surface area contributed by atoms with Gasteiger partial charge in [0.25, 0.3) is 5.56 Å². The molecule has 3 aromatic heterocycles. The van der Waals surface area contributed by atoms with Crippen molar-refractivity contribution in [3.8, 4) is 23.3 Å². The SMILES string of the molecule is CCOc1cc(C#N)c(-n2nnc3c(sc4nc(C)cc(C)c43)c2=O)cc1OCC. The molecule has 0 aliphatic carbocycles. The van der Waals surface area contributed by atoms with Gasteiger partial charge in [0.1, 0.15) is 21.1 Å². The number of aryl methyl sites for hydroxylation is 2. The number of thiophene rings is 1. The van der Waals surface area contributed by atoms with Crippen molar-refractivity contribution in [2.75, 3.05) is 13.2 Å². The zero-order valence-corrected chi connectivity index (χ0v) is 17.8. The Balaban J connectivity index is 2.00. The topological polar surface area (TPSA) is 103 Å². The van der Waals surface area contributed by atoms with E-state index in [-0.39, 0.29) is 11.1 Å². The number of hydrogen-bond donors (Lipinski definition) is 0. The van der Waals surface area contributed by atoms with Gasteiger partial charge in [-0.15, -0.1) is 16.4 Å². The number of ether oxygens (including phenoxy) is 2. The van der Waals surface area contributed by atoms with E-state index in [1.165, 1.54) is 11.3 Å². The zero-order valence-electron chi connectivity index (χ0n) is 17.0. The van der Waals surface area contributed by atoms with Crippen LogP contribution in [-0.2, 0) is 0 Å². The van der Waals surface area contributed by atoms with Gasteiger partial charge in [-0.25, -0.2) is 4.98 Å². The highest BCUT2D eigenvalue weighted by molar-refractivity contribution is 7.25. The van der Waals surface area contributed by atoms with E-state index in [4.69, 9.17) is 9.47 Å². The first-order valence-corrected chi connectivity index (χ1v) is 10.3. The van der Waals surface area contributed by atoms with Gasteiger partial charge >= 0.3 is 0 Å². The van der Waals surface area contributed by atoms with Gasteiger partial charge in [-0.2, -0.15) is 9.94 Å². The lowest BCUT2D eigenvalue weighted by molar-refractivity contribution is 0.287. The van der Waals surface area contributed by atoms with Crippen LogP contribution in [0.4, 0.5) is 0 Å². The Labute approximate surface area is 176 Å². The number of fused-ring (bicyclic) bond motifs is 3. The molecule has 30 heavy (non-hydrogen) atoms. The average Bonchev–Trinajstić information content (AvgIpc) is 3.09. The number of pyridine rings is 1. The lowest BCUT2D eigenvalue weighted by atomic mass is 10.1. The van der Waals surface area contributed by atoms with Crippen molar-refractivity contribution in [3.63, 3.8) is 0 Å². The van der Waals surface area contributed by atoms with Gasteiger partial charge in [0, 0.05) is 23.2 Å². The summed E-state index contributed by atoms with van der Waals surface area (Å²) in [5.41, 5.74) is 2.57. The molecule has 0 fully saturated rings. The van der Waals surface area contributed by atoms with Crippen molar-refractivity contribution in [3.05, 3.63) is 45.4 Å². The summed E-state index contributed by atoms with van der Waals surface area (Å²) in [5.74, 6) is 0.880. The van der Waals surface area contributed by atoms with Crippen LogP contribution in [-0.4, -0.2) is 33.2 Å². The monoisotopic (exact) mass is 421 g/mol. The molecule has 0 radical (unpaired) electrons. The summed E-state index contributed by atoms with van der Waals surface area (Å²) in [7, 11) is 0. The molecule has 3 heterocycles. The Morgan fingerprint density at radius 3 is 2.50 bits per heavy atom. The van der Waals surface area contributed by atoms with Crippen LogP contribution in [0.3, 0.4) is 0 Å². The first-order valence-electron chi connectivity index (χ1n) is 9.49. The quantitative estimate of drug-likeness (QED) is 0.484. The first kappa shape index (κ1) is 19.8. The fourth-order valence-corrected chi connectivity index (χ4v) is 4.55. The zero-order chi connectivity index (χ0) is 21.4. The Morgan fingerprint density at radius 1 is 1.13 bits per heavy atom. The third-order valence-electron chi connectivity index (χ3n) is 4.59. The fraction of sp³-hybridized carbons (Fsp3) is 0.286. The van der Waals surface area contributed by atoms with Crippen LogP contribution in [0.25, 0.3) is 26.1 Å². The molecule has 0 saturated heterocycles. The van der Waals surface area contributed by atoms with Crippen LogP contribution in [0, 0.1) is 25.2 Å². The average molecular weight is 421 g/mol. The minimum absolute atomic E-state index is 0.240. The highest BCUT2D eigenvalue weighted by Gasteiger charge is 2.20. The van der Waals surface area contributed by atoms with Crippen LogP contribution in [0.15, 0.2) is 23.0 Å². The molecule has 0 aliphatic rings. The van der Waals surface area contributed by atoms with Gasteiger partial charge in [0.05, 0.1) is 24.5 Å². The molecule has 0 N–H and O–H groups in total. The van der Waals surface area contributed by atoms with Gasteiger partial charge in [-0.3, -0.25) is 4.79 Å². The number of nitriles is 1. The van der Waals surface area contributed by atoms with E-state index in [2.05, 4.69) is 21.4 Å². The molecule has 1 aromatic carbocycles. The highest BCUT2D eigenvalue weighted by Crippen LogP contribution is 2.34. The fourth-order valence-electron chi connectivity index (χ4n) is 3.40. The number of hydrogen-bond acceptors (Lipinski definition) is 8. The van der Waals surface area contributed by atoms with Crippen molar-refractivity contribution in [1.82, 2.24) is 20.0 Å². The third kappa shape index (κ3) is 3.15. The summed E-state index contributed by atoms with van der Waals surface area (Å²) in [6, 6.07) is 7.21. The smallest absolute Gasteiger partial charge is 0.292 e. The van der Waals surface area contributed by atoms with E-state index in [9.17, 15) is 10.1 Å². The second kappa shape index (κ2) is 7.72. The largest absolute Gasteiger partial charge is 0.490 e. The molecule has 152 valence electrons. The van der Waals surface area contributed by atoms with Crippen molar-refractivity contribution in [2.24, 2.45) is 0 Å². The van der Waals surface area contributed by atoms with Gasteiger partial charge in [0.2, 0.25) is 0 Å². The van der Waals surface area contributed by atoms with E-state index in [0.717, 1.165) is 26.2 Å². The lowest BCUT2D eigenvalue weighted by Gasteiger charge is -2.14. The van der Waals surface area contributed by atoms with E-state index in [1.54, 1.807) is 12.1 Å². The number of benzene rings is 1. The predicted molar refractivity (Wildman–Crippen MR) is 115 cm³/mol. The molecule has 4 aromatic rings. The third-order valence-corrected chi connectivity index (χ3v) is 5.65. The maximum absolute atomic E-state index is 13.3. The molecule has 0 bridgehead atoms. The molecule has 0 spiro atoms. The van der Waals surface area contributed by atoms with Gasteiger partial charge in [-0.05, 0) is 39.3 Å². The molecule has 0 atom stereocenters. The van der Waals surface area contributed by atoms with Crippen LogP contribution < -0.4 is 15.0 Å². The van der Waals surface area contributed by atoms with E-state index < -0.39 is 0 Å². The maximum Gasteiger partial charge on any atom is 0.292 e. The molecular formula is C21H19N5O3S. The molecule has 9 heteroatoms. The van der Waals surface area contributed by atoms with Crippen molar-refractivity contribution in [1.29, 1.82) is 5.26 Å². The van der Waals surface area contributed by atoms with E-state index in [1.807, 2.05) is 33.8 Å². The summed E-state index contributed by atoms with van der Waals surface area (Å²) in [5, 5.41) is 18.9. The summed E-state index contributed by atoms with van der Waals surface area (Å²) >= 11 is 1.28. The second-order valence-electron chi connectivity index (χ2n) is 6.64. The maximum atomic E-state index is 13.3. The molecule has 0 unspecified atom stereocenters. The molecule has 4 rings (SSSR count). The molecule has 8 nitrogen and oxygen atoms in total. The van der Waals surface area contributed by atoms with Gasteiger partial charge < -0.3 is 9.47 Å². The summed E-state index contributed by atoms with van der Waals surface area (Å²) < 4.78 is 12.8. The van der Waals surface area contributed by atoms with Crippen LogP contribution in [0.2, 0.25) is 0 Å². The standard InChI is InChI=1S/C21H19N5O3S/c1-5-28-15-8-13(10-22)14(9-16(15)29-6-2)26-21(27)19-18(24-25-26)17-11(3)7-12(4)23-20(17)30-19/h7-9H,5-6H2,1-4H3. The van der Waals surface area contributed by atoms with Gasteiger partial charge in [-0.1, -0.05) is 5.21 Å². The minimum atomic E-state index is -0.358. The Bertz CT molecular complexity index is 1380. The van der Waals surface area contributed by atoms with E-state index in [0.29, 0.717) is 40.6 Å². The van der Waals surface area contributed by atoms with Crippen molar-refractivity contribution in [2.45, 2.75) is 27.7 Å². The lowest BCUT2D eigenvalue weighted by Crippen LogP contribution is -2.22. The minimum Gasteiger partial charge on any atom is -0.490 e. The Hall–Kier alpha value is -3.51. The van der Waals surface area contributed by atoms with E-state index >= 15 is 0 Å². The Morgan fingerprint density at radius 2 is 1.83 bits per heavy atom. The second-order valence-corrected chi connectivity index (χ2v) is 7.64. The molecule has 0 saturated carbocycles. The molecule has 0 amide bonds. The highest BCUT2D eigenvalue weighted by atomic mass is 32.1. The summed E-state index contributed by atoms with van der Waals surface area (Å²) in [6.07, 6.45) is 0. The first-order chi connectivity index (χ1) is 14.5. The number of aromatic nitrogens is 4. The van der Waals surface area contributed by atoms with Crippen LogP contribution in [0.5, 0.6) is 11.5 Å².